The maximum atomic E-state index is 3.78. The van der Waals surface area contributed by atoms with Crippen molar-refractivity contribution in [2.24, 2.45) is 0 Å². The van der Waals surface area contributed by atoms with Gasteiger partial charge in [0.1, 0.15) is 0 Å². The van der Waals surface area contributed by atoms with E-state index in [1.807, 2.05) is 12.2 Å². The standard InChI is InChI=1S/C10H13Br/c1-4-6-8-10(7-5-2)9(3)11/h5-8H,2-4H2,1H3/b8-6+,10-7-. The van der Waals surface area contributed by atoms with Gasteiger partial charge in [-0.1, -0.05) is 60.3 Å². The zero-order valence-electron chi connectivity index (χ0n) is 6.81. The van der Waals surface area contributed by atoms with Crippen LogP contribution in [0, 0.1) is 0 Å². The van der Waals surface area contributed by atoms with Gasteiger partial charge in [-0.25, -0.2) is 0 Å². The minimum atomic E-state index is 0.891. The zero-order chi connectivity index (χ0) is 8.69. The topological polar surface area (TPSA) is 0 Å². The van der Waals surface area contributed by atoms with Crippen LogP contribution < -0.4 is 0 Å². The van der Waals surface area contributed by atoms with Gasteiger partial charge in [-0.3, -0.25) is 0 Å². The Hall–Kier alpha value is -0.560. The van der Waals surface area contributed by atoms with E-state index in [4.69, 9.17) is 0 Å². The first-order valence-electron chi connectivity index (χ1n) is 3.56. The Morgan fingerprint density at radius 3 is 2.55 bits per heavy atom. The van der Waals surface area contributed by atoms with E-state index in [1.54, 1.807) is 6.08 Å². The van der Waals surface area contributed by atoms with Gasteiger partial charge in [0, 0.05) is 4.48 Å². The molecule has 0 saturated carbocycles. The van der Waals surface area contributed by atoms with Crippen molar-refractivity contribution in [3.05, 3.63) is 47.5 Å². The lowest BCUT2D eigenvalue weighted by molar-refractivity contribution is 1.22. The summed E-state index contributed by atoms with van der Waals surface area (Å²) in [6.45, 7) is 9.49. The molecule has 0 rings (SSSR count). The Morgan fingerprint density at radius 1 is 1.55 bits per heavy atom. The second kappa shape index (κ2) is 6.17. The lowest BCUT2D eigenvalue weighted by Crippen LogP contribution is -1.73. The van der Waals surface area contributed by atoms with Gasteiger partial charge in [0.15, 0.2) is 0 Å². The molecule has 0 aromatic carbocycles. The predicted molar refractivity (Wildman–Crippen MR) is 55.8 cm³/mol. The van der Waals surface area contributed by atoms with Gasteiger partial charge >= 0.3 is 0 Å². The van der Waals surface area contributed by atoms with Crippen LogP contribution in [0.2, 0.25) is 0 Å². The quantitative estimate of drug-likeness (QED) is 0.619. The molecule has 0 spiro atoms. The SMILES string of the molecule is C=C/C=C(/C=C/CC)C(=C)Br. The minimum absolute atomic E-state index is 0.891. The molecule has 0 aliphatic carbocycles. The van der Waals surface area contributed by atoms with Crippen LogP contribution in [0.4, 0.5) is 0 Å². The molecule has 0 N–H and O–H groups in total. The fourth-order valence-corrected chi connectivity index (χ4v) is 0.873. The first kappa shape index (κ1) is 10.4. The molecule has 0 atom stereocenters. The highest BCUT2D eigenvalue weighted by Gasteiger charge is 1.90. The number of rotatable bonds is 4. The maximum Gasteiger partial charge on any atom is 0.0175 e. The summed E-state index contributed by atoms with van der Waals surface area (Å²) in [6, 6.07) is 0. The van der Waals surface area contributed by atoms with Crippen LogP contribution in [0.1, 0.15) is 13.3 Å². The fourth-order valence-electron chi connectivity index (χ4n) is 0.608. The maximum absolute atomic E-state index is 3.78. The van der Waals surface area contributed by atoms with E-state index in [0.29, 0.717) is 0 Å². The molecular formula is C10H13Br. The molecular weight excluding hydrogens is 200 g/mol. The summed E-state index contributed by atoms with van der Waals surface area (Å²) in [7, 11) is 0. The predicted octanol–water partition coefficient (Wildman–Crippen LogP) is 3.97. The van der Waals surface area contributed by atoms with E-state index >= 15 is 0 Å². The van der Waals surface area contributed by atoms with Crippen molar-refractivity contribution >= 4 is 15.9 Å². The van der Waals surface area contributed by atoms with Crippen molar-refractivity contribution in [1.29, 1.82) is 0 Å². The van der Waals surface area contributed by atoms with Gasteiger partial charge in [0.25, 0.3) is 0 Å². The highest BCUT2D eigenvalue weighted by Crippen LogP contribution is 2.15. The lowest BCUT2D eigenvalue weighted by Gasteiger charge is -1.95. The van der Waals surface area contributed by atoms with Crippen LogP contribution in [-0.4, -0.2) is 0 Å². The van der Waals surface area contributed by atoms with Gasteiger partial charge in [0.2, 0.25) is 0 Å². The van der Waals surface area contributed by atoms with Crippen molar-refractivity contribution in [2.75, 3.05) is 0 Å². The molecule has 0 bridgehead atoms. The molecule has 0 saturated heterocycles. The molecule has 0 aliphatic rings. The number of hydrogen-bond acceptors (Lipinski definition) is 0. The second-order valence-electron chi connectivity index (χ2n) is 2.07. The molecule has 0 aliphatic heterocycles. The summed E-state index contributed by atoms with van der Waals surface area (Å²) < 4.78 is 0.891. The van der Waals surface area contributed by atoms with Crippen LogP contribution in [0.3, 0.4) is 0 Å². The summed E-state index contributed by atoms with van der Waals surface area (Å²) in [4.78, 5) is 0. The largest absolute Gasteiger partial charge is 0.0990 e. The molecule has 0 fully saturated rings. The molecule has 0 nitrogen and oxygen atoms in total. The van der Waals surface area contributed by atoms with E-state index in [2.05, 4.69) is 42.1 Å². The third kappa shape index (κ3) is 4.79. The number of halogens is 1. The third-order valence-corrected chi connectivity index (χ3v) is 1.60. The molecule has 0 amide bonds. The second-order valence-corrected chi connectivity index (χ2v) is 3.03. The normalized spacial score (nSPS) is 12.0. The molecule has 11 heavy (non-hydrogen) atoms. The van der Waals surface area contributed by atoms with Crippen LogP contribution >= 0.6 is 15.9 Å². The smallest absolute Gasteiger partial charge is 0.0175 e. The monoisotopic (exact) mass is 212 g/mol. The van der Waals surface area contributed by atoms with Crippen LogP contribution in [0.25, 0.3) is 0 Å². The van der Waals surface area contributed by atoms with Crippen LogP contribution in [0.5, 0.6) is 0 Å². The third-order valence-electron chi connectivity index (χ3n) is 1.14. The van der Waals surface area contributed by atoms with Gasteiger partial charge in [-0.2, -0.15) is 0 Å². The summed E-state index contributed by atoms with van der Waals surface area (Å²) in [5, 5.41) is 0. The van der Waals surface area contributed by atoms with Crippen molar-refractivity contribution < 1.29 is 0 Å². The van der Waals surface area contributed by atoms with Crippen LogP contribution in [0.15, 0.2) is 47.5 Å². The van der Waals surface area contributed by atoms with Crippen molar-refractivity contribution in [1.82, 2.24) is 0 Å². The summed E-state index contributed by atoms with van der Waals surface area (Å²) in [5.41, 5.74) is 1.07. The minimum Gasteiger partial charge on any atom is -0.0990 e. The fraction of sp³-hybridized carbons (Fsp3) is 0.200. The molecule has 0 radical (unpaired) electrons. The van der Waals surface area contributed by atoms with Crippen molar-refractivity contribution in [3.63, 3.8) is 0 Å². The summed E-state index contributed by atoms with van der Waals surface area (Å²) in [6.07, 6.45) is 8.82. The average Bonchev–Trinajstić information content (AvgIpc) is 1.97. The van der Waals surface area contributed by atoms with E-state index < -0.39 is 0 Å². The molecule has 60 valence electrons. The van der Waals surface area contributed by atoms with Gasteiger partial charge in [-0.05, 0) is 12.0 Å². The van der Waals surface area contributed by atoms with E-state index in [-0.39, 0.29) is 0 Å². The highest BCUT2D eigenvalue weighted by atomic mass is 79.9. The average molecular weight is 213 g/mol. The number of hydrogen-bond donors (Lipinski definition) is 0. The Labute approximate surface area is 77.1 Å². The van der Waals surface area contributed by atoms with Gasteiger partial charge in [0.05, 0.1) is 0 Å². The first-order valence-corrected chi connectivity index (χ1v) is 4.35. The highest BCUT2D eigenvalue weighted by molar-refractivity contribution is 9.11. The Bertz CT molecular complexity index is 197. The zero-order valence-corrected chi connectivity index (χ0v) is 8.39. The van der Waals surface area contributed by atoms with Gasteiger partial charge < -0.3 is 0 Å². The number of allylic oxidation sites excluding steroid dienone is 6. The first-order chi connectivity index (χ1) is 5.22. The summed E-state index contributed by atoms with van der Waals surface area (Å²) in [5.74, 6) is 0. The van der Waals surface area contributed by atoms with E-state index in [1.165, 1.54) is 0 Å². The molecule has 1 heteroatoms. The molecule has 0 aromatic rings. The van der Waals surface area contributed by atoms with Crippen molar-refractivity contribution in [3.8, 4) is 0 Å². The Morgan fingerprint density at radius 2 is 2.18 bits per heavy atom. The van der Waals surface area contributed by atoms with E-state index in [0.717, 1.165) is 16.5 Å². The van der Waals surface area contributed by atoms with Gasteiger partial charge in [-0.15, -0.1) is 0 Å². The van der Waals surface area contributed by atoms with Crippen LogP contribution in [-0.2, 0) is 0 Å². The Balaban J connectivity index is 4.35. The molecule has 0 aromatic heterocycles. The lowest BCUT2D eigenvalue weighted by atomic mass is 10.2. The molecule has 0 heterocycles. The summed E-state index contributed by atoms with van der Waals surface area (Å²) >= 11 is 3.31. The molecule has 0 unspecified atom stereocenters. The van der Waals surface area contributed by atoms with Crippen molar-refractivity contribution in [2.45, 2.75) is 13.3 Å². The van der Waals surface area contributed by atoms with E-state index in [9.17, 15) is 0 Å². The Kier molecular flexibility index (Phi) is 5.86.